The zero-order chi connectivity index (χ0) is 13.3. The summed E-state index contributed by atoms with van der Waals surface area (Å²) in [5, 5.41) is 0. The molecule has 1 aromatic rings. The third-order valence-corrected chi connectivity index (χ3v) is 5.77. The number of halogens is 2. The Hall–Kier alpha value is 0.1000. The fourth-order valence-electron chi connectivity index (χ4n) is 2.87. The number of benzene rings is 1. The van der Waals surface area contributed by atoms with Gasteiger partial charge in [-0.3, -0.25) is 4.90 Å². The van der Waals surface area contributed by atoms with Crippen LogP contribution in [0.2, 0.25) is 0 Å². The van der Waals surface area contributed by atoms with E-state index in [9.17, 15) is 0 Å². The summed E-state index contributed by atoms with van der Waals surface area (Å²) in [4.78, 5) is 2.54. The van der Waals surface area contributed by atoms with Gasteiger partial charge in [0.2, 0.25) is 0 Å². The van der Waals surface area contributed by atoms with Gasteiger partial charge in [0.1, 0.15) is 0 Å². The van der Waals surface area contributed by atoms with Gasteiger partial charge < -0.3 is 5.73 Å². The third kappa shape index (κ3) is 2.82. The summed E-state index contributed by atoms with van der Waals surface area (Å²) in [6.07, 6.45) is 2.52. The van der Waals surface area contributed by atoms with Crippen LogP contribution in [0.4, 0.5) is 0 Å². The minimum absolute atomic E-state index is 0.254. The average Bonchev–Trinajstić information content (AvgIpc) is 2.65. The molecule has 2 rings (SSSR count). The second-order valence-corrected chi connectivity index (χ2v) is 7.24. The van der Waals surface area contributed by atoms with Crippen molar-refractivity contribution >= 4 is 31.9 Å². The lowest BCUT2D eigenvalue weighted by Gasteiger charge is -2.38. The number of rotatable bonds is 3. The molecule has 1 aliphatic rings. The van der Waals surface area contributed by atoms with Crippen molar-refractivity contribution in [3.05, 3.63) is 32.7 Å². The van der Waals surface area contributed by atoms with Gasteiger partial charge in [-0.1, -0.05) is 6.07 Å². The summed E-state index contributed by atoms with van der Waals surface area (Å²) in [5.41, 5.74) is 7.57. The van der Waals surface area contributed by atoms with Crippen molar-refractivity contribution in [2.75, 3.05) is 13.1 Å². The average molecular weight is 376 g/mol. The summed E-state index contributed by atoms with van der Waals surface area (Å²) in [6, 6.07) is 6.74. The van der Waals surface area contributed by atoms with Crippen LogP contribution >= 0.6 is 31.9 Å². The minimum atomic E-state index is 0.254. The van der Waals surface area contributed by atoms with Crippen molar-refractivity contribution in [3.63, 3.8) is 0 Å². The Kier molecular flexibility index (Phi) is 4.52. The summed E-state index contributed by atoms with van der Waals surface area (Å²) >= 11 is 7.09. The predicted octanol–water partition coefficient (Wildman–Crippen LogP) is 4.09. The molecular weight excluding hydrogens is 356 g/mol. The summed E-state index contributed by atoms with van der Waals surface area (Å²) in [5.74, 6) is 0. The van der Waals surface area contributed by atoms with Crippen LogP contribution in [0.5, 0.6) is 0 Å². The first-order valence-corrected chi connectivity index (χ1v) is 7.96. The lowest BCUT2D eigenvalue weighted by molar-refractivity contribution is 0.119. The van der Waals surface area contributed by atoms with Crippen molar-refractivity contribution in [2.45, 2.75) is 38.3 Å². The minimum Gasteiger partial charge on any atom is -0.329 e. The summed E-state index contributed by atoms with van der Waals surface area (Å²) < 4.78 is 2.18. The van der Waals surface area contributed by atoms with Crippen molar-refractivity contribution < 1.29 is 0 Å². The maximum absolute atomic E-state index is 6.03. The first kappa shape index (κ1) is 14.5. The first-order chi connectivity index (χ1) is 8.45. The SMILES string of the molecule is CC1(C)CCCN1C(CN)c1ccc(Br)c(Br)c1. The van der Waals surface area contributed by atoms with Gasteiger partial charge in [0.05, 0.1) is 0 Å². The van der Waals surface area contributed by atoms with E-state index in [0.717, 1.165) is 15.5 Å². The lowest BCUT2D eigenvalue weighted by atomic mass is 9.97. The normalized spacial score (nSPS) is 21.2. The molecule has 1 atom stereocenters. The molecule has 1 saturated heterocycles. The maximum atomic E-state index is 6.03. The van der Waals surface area contributed by atoms with E-state index >= 15 is 0 Å². The van der Waals surface area contributed by atoms with Crippen LogP contribution in [0.25, 0.3) is 0 Å². The number of nitrogens with two attached hydrogens (primary N) is 1. The highest BCUT2D eigenvalue weighted by Gasteiger charge is 2.36. The second-order valence-electron chi connectivity index (χ2n) is 5.53. The van der Waals surface area contributed by atoms with Gasteiger partial charge in [-0.05, 0) is 82.8 Å². The predicted molar refractivity (Wildman–Crippen MR) is 83.7 cm³/mol. The third-order valence-electron chi connectivity index (χ3n) is 3.89. The van der Waals surface area contributed by atoms with E-state index in [1.165, 1.54) is 18.4 Å². The molecule has 0 aliphatic carbocycles. The Morgan fingerprint density at radius 3 is 2.56 bits per heavy atom. The van der Waals surface area contributed by atoms with E-state index in [-0.39, 0.29) is 5.54 Å². The highest BCUT2D eigenvalue weighted by atomic mass is 79.9. The molecular formula is C14H20Br2N2. The molecule has 100 valence electrons. The highest BCUT2D eigenvalue weighted by molar-refractivity contribution is 9.13. The van der Waals surface area contributed by atoms with Crippen molar-refractivity contribution in [2.24, 2.45) is 5.73 Å². The Labute approximate surface area is 126 Å². The molecule has 2 nitrogen and oxygen atoms in total. The number of hydrogen-bond acceptors (Lipinski definition) is 2. The molecule has 1 heterocycles. The van der Waals surface area contributed by atoms with Crippen LogP contribution in [0, 0.1) is 0 Å². The van der Waals surface area contributed by atoms with Gasteiger partial charge in [-0.25, -0.2) is 0 Å². The Bertz CT molecular complexity index is 432. The second kappa shape index (κ2) is 5.61. The molecule has 1 fully saturated rings. The van der Waals surface area contributed by atoms with Crippen molar-refractivity contribution in [1.29, 1.82) is 0 Å². The van der Waals surface area contributed by atoms with E-state index in [0.29, 0.717) is 12.6 Å². The van der Waals surface area contributed by atoms with E-state index in [4.69, 9.17) is 5.73 Å². The molecule has 1 aromatic carbocycles. The standard InChI is InChI=1S/C14H20Br2N2/c1-14(2)6-3-7-18(14)13(9-17)10-4-5-11(15)12(16)8-10/h4-5,8,13H,3,6-7,9,17H2,1-2H3. The zero-order valence-corrected chi connectivity index (χ0v) is 14.1. The van der Waals surface area contributed by atoms with Crippen LogP contribution < -0.4 is 5.73 Å². The van der Waals surface area contributed by atoms with E-state index in [1.807, 2.05) is 0 Å². The number of hydrogen-bond donors (Lipinski definition) is 1. The highest BCUT2D eigenvalue weighted by Crippen LogP contribution is 2.37. The number of likely N-dealkylation sites (tertiary alicyclic amines) is 1. The molecule has 0 spiro atoms. The topological polar surface area (TPSA) is 29.3 Å². The Morgan fingerprint density at radius 2 is 2.06 bits per heavy atom. The van der Waals surface area contributed by atoms with Crippen molar-refractivity contribution in [1.82, 2.24) is 4.90 Å². The monoisotopic (exact) mass is 374 g/mol. The molecule has 4 heteroatoms. The number of nitrogens with zero attached hydrogens (tertiary/aromatic N) is 1. The van der Waals surface area contributed by atoms with Crippen LogP contribution in [-0.2, 0) is 0 Å². The lowest BCUT2D eigenvalue weighted by Crippen LogP contribution is -2.43. The Morgan fingerprint density at radius 1 is 1.33 bits per heavy atom. The van der Waals surface area contributed by atoms with Gasteiger partial charge in [-0.15, -0.1) is 0 Å². The van der Waals surface area contributed by atoms with E-state index in [1.54, 1.807) is 0 Å². The fourth-order valence-corrected chi connectivity index (χ4v) is 3.51. The van der Waals surface area contributed by atoms with Gasteiger partial charge >= 0.3 is 0 Å². The molecule has 0 bridgehead atoms. The van der Waals surface area contributed by atoms with Gasteiger partial charge in [0, 0.05) is 27.1 Å². The molecule has 2 N–H and O–H groups in total. The van der Waals surface area contributed by atoms with Gasteiger partial charge in [0.25, 0.3) is 0 Å². The van der Waals surface area contributed by atoms with Gasteiger partial charge in [-0.2, -0.15) is 0 Å². The van der Waals surface area contributed by atoms with E-state index < -0.39 is 0 Å². The fraction of sp³-hybridized carbons (Fsp3) is 0.571. The Balaban J connectivity index is 2.30. The largest absolute Gasteiger partial charge is 0.329 e. The molecule has 0 saturated carbocycles. The van der Waals surface area contributed by atoms with Crippen LogP contribution in [0.3, 0.4) is 0 Å². The smallest absolute Gasteiger partial charge is 0.0476 e. The molecule has 1 unspecified atom stereocenters. The van der Waals surface area contributed by atoms with Gasteiger partial charge in [0.15, 0.2) is 0 Å². The van der Waals surface area contributed by atoms with Crippen LogP contribution in [0.1, 0.15) is 38.3 Å². The van der Waals surface area contributed by atoms with E-state index in [2.05, 4.69) is 68.8 Å². The molecule has 0 radical (unpaired) electrons. The van der Waals surface area contributed by atoms with Crippen molar-refractivity contribution in [3.8, 4) is 0 Å². The van der Waals surface area contributed by atoms with Crippen LogP contribution in [-0.4, -0.2) is 23.5 Å². The molecule has 0 aromatic heterocycles. The molecule has 0 amide bonds. The maximum Gasteiger partial charge on any atom is 0.0476 e. The quantitative estimate of drug-likeness (QED) is 0.862. The zero-order valence-electron chi connectivity index (χ0n) is 10.9. The summed E-state index contributed by atoms with van der Waals surface area (Å²) in [6.45, 7) is 6.44. The summed E-state index contributed by atoms with van der Waals surface area (Å²) in [7, 11) is 0. The van der Waals surface area contributed by atoms with Crippen LogP contribution in [0.15, 0.2) is 27.1 Å². The molecule has 1 aliphatic heterocycles. The first-order valence-electron chi connectivity index (χ1n) is 6.37. The molecule has 18 heavy (non-hydrogen) atoms.